The molecule has 1 aromatic rings. The van der Waals surface area contributed by atoms with Gasteiger partial charge in [0.05, 0.1) is 5.69 Å². The van der Waals surface area contributed by atoms with Crippen LogP contribution >= 0.6 is 0 Å². The number of aryl methyl sites for hydroxylation is 1. The van der Waals surface area contributed by atoms with Gasteiger partial charge in [-0.2, -0.15) is 0 Å². The van der Waals surface area contributed by atoms with Gasteiger partial charge in [-0.15, -0.1) is 0 Å². The van der Waals surface area contributed by atoms with Gasteiger partial charge in [-0.1, -0.05) is 12.2 Å². The molecule has 1 atom stereocenters. The Hall–Kier alpha value is -1.38. The molecule has 0 radical (unpaired) electrons. The van der Waals surface area contributed by atoms with E-state index in [0.717, 1.165) is 24.4 Å². The molecule has 0 bridgehead atoms. The SMILES string of the molecule is Cc1nccnc1NC1CC=CCC1. The average molecular weight is 189 g/mol. The van der Waals surface area contributed by atoms with Crippen molar-refractivity contribution < 1.29 is 0 Å². The van der Waals surface area contributed by atoms with E-state index in [1.54, 1.807) is 12.4 Å². The maximum Gasteiger partial charge on any atom is 0.147 e. The van der Waals surface area contributed by atoms with Gasteiger partial charge in [0.1, 0.15) is 5.82 Å². The lowest BCUT2D eigenvalue weighted by Crippen LogP contribution is -2.21. The summed E-state index contributed by atoms with van der Waals surface area (Å²) in [6, 6.07) is 0.524. The number of nitrogens with zero attached hydrogens (tertiary/aromatic N) is 2. The summed E-state index contributed by atoms with van der Waals surface area (Å²) in [5.41, 5.74) is 0.974. The van der Waals surface area contributed by atoms with Gasteiger partial charge in [-0.3, -0.25) is 4.98 Å². The number of aromatic nitrogens is 2. The summed E-state index contributed by atoms with van der Waals surface area (Å²) < 4.78 is 0. The molecule has 0 aromatic carbocycles. The van der Waals surface area contributed by atoms with Crippen LogP contribution in [0.15, 0.2) is 24.5 Å². The third-order valence-corrected chi connectivity index (χ3v) is 2.49. The zero-order chi connectivity index (χ0) is 9.80. The van der Waals surface area contributed by atoms with Crippen LogP contribution in [-0.4, -0.2) is 16.0 Å². The predicted molar refractivity (Wildman–Crippen MR) is 57.2 cm³/mol. The maximum absolute atomic E-state index is 4.27. The monoisotopic (exact) mass is 189 g/mol. The fraction of sp³-hybridized carbons (Fsp3) is 0.455. The molecule has 1 unspecified atom stereocenters. The standard InChI is InChI=1S/C11H15N3/c1-9-11(13-8-7-12-9)14-10-5-3-2-4-6-10/h2-3,7-8,10H,4-6H2,1H3,(H,13,14). The van der Waals surface area contributed by atoms with Gasteiger partial charge in [-0.05, 0) is 26.2 Å². The van der Waals surface area contributed by atoms with Crippen molar-refractivity contribution in [2.75, 3.05) is 5.32 Å². The number of rotatable bonds is 2. The van der Waals surface area contributed by atoms with E-state index in [9.17, 15) is 0 Å². The third-order valence-electron chi connectivity index (χ3n) is 2.49. The Morgan fingerprint density at radius 2 is 2.14 bits per heavy atom. The third kappa shape index (κ3) is 2.10. The van der Waals surface area contributed by atoms with Gasteiger partial charge in [0.2, 0.25) is 0 Å². The maximum atomic E-state index is 4.27. The van der Waals surface area contributed by atoms with Crippen LogP contribution in [0.2, 0.25) is 0 Å². The smallest absolute Gasteiger partial charge is 0.147 e. The summed E-state index contributed by atoms with van der Waals surface area (Å²) in [6.07, 6.45) is 11.4. The lowest BCUT2D eigenvalue weighted by atomic mass is 10.0. The first-order valence-corrected chi connectivity index (χ1v) is 5.05. The highest BCUT2D eigenvalue weighted by Crippen LogP contribution is 2.16. The van der Waals surface area contributed by atoms with Crippen molar-refractivity contribution in [1.29, 1.82) is 0 Å². The van der Waals surface area contributed by atoms with Gasteiger partial charge < -0.3 is 5.32 Å². The van der Waals surface area contributed by atoms with Crippen LogP contribution in [0.3, 0.4) is 0 Å². The lowest BCUT2D eigenvalue weighted by molar-refractivity contribution is 0.641. The Kier molecular flexibility index (Phi) is 2.77. The number of hydrogen-bond donors (Lipinski definition) is 1. The Morgan fingerprint density at radius 3 is 2.86 bits per heavy atom. The molecule has 74 valence electrons. The van der Waals surface area contributed by atoms with Gasteiger partial charge in [0.25, 0.3) is 0 Å². The van der Waals surface area contributed by atoms with Gasteiger partial charge >= 0.3 is 0 Å². The van der Waals surface area contributed by atoms with Crippen LogP contribution in [0.25, 0.3) is 0 Å². The molecule has 0 saturated carbocycles. The summed E-state index contributed by atoms with van der Waals surface area (Å²) in [5, 5.41) is 3.42. The molecule has 3 heteroatoms. The van der Waals surface area contributed by atoms with E-state index < -0.39 is 0 Å². The van der Waals surface area contributed by atoms with E-state index in [1.165, 1.54) is 6.42 Å². The molecular formula is C11H15N3. The van der Waals surface area contributed by atoms with E-state index in [0.29, 0.717) is 6.04 Å². The van der Waals surface area contributed by atoms with Crippen LogP contribution in [0.5, 0.6) is 0 Å². The molecule has 14 heavy (non-hydrogen) atoms. The van der Waals surface area contributed by atoms with Gasteiger partial charge in [0, 0.05) is 18.4 Å². The molecule has 1 aliphatic carbocycles. The van der Waals surface area contributed by atoms with Gasteiger partial charge in [0.15, 0.2) is 0 Å². The Balaban J connectivity index is 2.03. The van der Waals surface area contributed by atoms with Crippen molar-refractivity contribution in [3.05, 3.63) is 30.2 Å². The molecule has 0 aliphatic heterocycles. The minimum atomic E-state index is 0.524. The second kappa shape index (κ2) is 4.22. The summed E-state index contributed by atoms with van der Waals surface area (Å²) in [6.45, 7) is 1.98. The first kappa shape index (κ1) is 9.19. The van der Waals surface area contributed by atoms with Crippen LogP contribution < -0.4 is 5.32 Å². The van der Waals surface area contributed by atoms with E-state index in [2.05, 4.69) is 27.4 Å². The number of hydrogen-bond acceptors (Lipinski definition) is 3. The summed E-state index contributed by atoms with van der Waals surface area (Å²) >= 11 is 0. The molecule has 1 aromatic heterocycles. The Morgan fingerprint density at radius 1 is 1.29 bits per heavy atom. The quantitative estimate of drug-likeness (QED) is 0.725. The van der Waals surface area contributed by atoms with E-state index in [1.807, 2.05) is 6.92 Å². The summed E-state index contributed by atoms with van der Waals surface area (Å²) in [5.74, 6) is 0.924. The first-order valence-electron chi connectivity index (χ1n) is 5.05. The molecule has 2 rings (SSSR count). The molecule has 0 fully saturated rings. The fourth-order valence-electron chi connectivity index (χ4n) is 1.67. The predicted octanol–water partition coefficient (Wildman–Crippen LogP) is 2.31. The largest absolute Gasteiger partial charge is 0.366 e. The Bertz CT molecular complexity index is 333. The highest BCUT2D eigenvalue weighted by molar-refractivity contribution is 5.39. The summed E-state index contributed by atoms with van der Waals surface area (Å²) in [7, 11) is 0. The molecular weight excluding hydrogens is 174 g/mol. The molecule has 3 nitrogen and oxygen atoms in total. The molecule has 0 spiro atoms. The van der Waals surface area contributed by atoms with Crippen LogP contribution in [0.4, 0.5) is 5.82 Å². The van der Waals surface area contributed by atoms with Crippen LogP contribution in [0.1, 0.15) is 25.0 Å². The number of nitrogens with one attached hydrogen (secondary N) is 1. The zero-order valence-electron chi connectivity index (χ0n) is 8.40. The number of anilines is 1. The fourth-order valence-corrected chi connectivity index (χ4v) is 1.67. The minimum Gasteiger partial charge on any atom is -0.366 e. The second-order valence-electron chi connectivity index (χ2n) is 3.62. The van der Waals surface area contributed by atoms with E-state index in [-0.39, 0.29) is 0 Å². The first-order chi connectivity index (χ1) is 6.86. The van der Waals surface area contributed by atoms with E-state index in [4.69, 9.17) is 0 Å². The van der Waals surface area contributed by atoms with Crippen molar-refractivity contribution in [2.24, 2.45) is 0 Å². The summed E-state index contributed by atoms with van der Waals surface area (Å²) in [4.78, 5) is 8.48. The zero-order valence-corrected chi connectivity index (χ0v) is 8.40. The Labute approximate surface area is 84.3 Å². The van der Waals surface area contributed by atoms with Crippen LogP contribution in [-0.2, 0) is 0 Å². The highest BCUT2D eigenvalue weighted by atomic mass is 15.0. The van der Waals surface area contributed by atoms with Crippen molar-refractivity contribution in [3.8, 4) is 0 Å². The molecule has 1 heterocycles. The second-order valence-corrected chi connectivity index (χ2v) is 3.62. The van der Waals surface area contributed by atoms with Crippen molar-refractivity contribution >= 4 is 5.82 Å². The molecule has 1 N–H and O–H groups in total. The normalized spacial score (nSPS) is 20.8. The van der Waals surface area contributed by atoms with Gasteiger partial charge in [-0.25, -0.2) is 4.98 Å². The molecule has 0 saturated heterocycles. The lowest BCUT2D eigenvalue weighted by Gasteiger charge is -2.20. The van der Waals surface area contributed by atoms with Crippen molar-refractivity contribution in [3.63, 3.8) is 0 Å². The average Bonchev–Trinajstić information content (AvgIpc) is 2.23. The van der Waals surface area contributed by atoms with Crippen LogP contribution in [0, 0.1) is 6.92 Å². The van der Waals surface area contributed by atoms with E-state index >= 15 is 0 Å². The highest BCUT2D eigenvalue weighted by Gasteiger charge is 2.10. The molecule has 0 amide bonds. The minimum absolute atomic E-state index is 0.524. The molecule has 1 aliphatic rings. The van der Waals surface area contributed by atoms with Crippen molar-refractivity contribution in [2.45, 2.75) is 32.2 Å². The van der Waals surface area contributed by atoms with Crippen molar-refractivity contribution in [1.82, 2.24) is 9.97 Å². The topological polar surface area (TPSA) is 37.8 Å². The number of allylic oxidation sites excluding steroid dienone is 1.